The summed E-state index contributed by atoms with van der Waals surface area (Å²) in [5.74, 6) is -2.28. The number of alkyl halides is 3. The molecule has 1 fully saturated rings. The number of phenols is 1. The number of carbonyl (C=O) groups excluding carboxylic acids is 1. The minimum atomic E-state index is -4.76. The van der Waals surface area contributed by atoms with Crippen molar-refractivity contribution in [2.45, 2.75) is 6.18 Å². The summed E-state index contributed by atoms with van der Waals surface area (Å²) >= 11 is 1.07. The van der Waals surface area contributed by atoms with Gasteiger partial charge < -0.3 is 10.4 Å². The highest BCUT2D eigenvalue weighted by Gasteiger charge is 2.32. The molecule has 0 atom stereocenters. The van der Waals surface area contributed by atoms with Crippen LogP contribution in [0, 0.1) is 5.82 Å². The van der Waals surface area contributed by atoms with Crippen molar-refractivity contribution in [3.63, 3.8) is 0 Å². The lowest BCUT2D eigenvalue weighted by molar-refractivity contribution is -0.137. The van der Waals surface area contributed by atoms with Gasteiger partial charge in [-0.25, -0.2) is 4.39 Å². The molecule has 2 N–H and O–H groups in total. The van der Waals surface area contributed by atoms with Crippen molar-refractivity contribution >= 4 is 29.1 Å². The molecule has 1 saturated heterocycles. The SMILES string of the molecule is O=C1CSC(=NN=Cc2c(O)cc(C(F)(F)F)cc2F)N1. The Morgan fingerprint density at radius 1 is 1.38 bits per heavy atom. The third-order valence-corrected chi connectivity index (χ3v) is 3.22. The number of rotatable bonds is 2. The molecule has 21 heavy (non-hydrogen) atoms. The van der Waals surface area contributed by atoms with Crippen LogP contribution in [0.25, 0.3) is 0 Å². The molecule has 2 rings (SSSR count). The molecule has 0 aromatic heterocycles. The first kappa shape index (κ1) is 15.3. The Morgan fingerprint density at radius 2 is 2.10 bits per heavy atom. The quantitative estimate of drug-likeness (QED) is 0.498. The Labute approximate surface area is 119 Å². The van der Waals surface area contributed by atoms with E-state index >= 15 is 0 Å². The van der Waals surface area contributed by atoms with Crippen LogP contribution in [0.4, 0.5) is 17.6 Å². The molecule has 0 bridgehead atoms. The number of nitrogens with one attached hydrogen (secondary N) is 1. The number of thioether (sulfide) groups is 1. The summed E-state index contributed by atoms with van der Waals surface area (Å²) in [6.45, 7) is 0. The molecule has 0 radical (unpaired) electrons. The number of benzene rings is 1. The van der Waals surface area contributed by atoms with Gasteiger partial charge in [-0.2, -0.15) is 18.3 Å². The molecule has 1 heterocycles. The van der Waals surface area contributed by atoms with Crippen LogP contribution < -0.4 is 5.32 Å². The summed E-state index contributed by atoms with van der Waals surface area (Å²) in [6, 6.07) is 0.643. The first-order chi connectivity index (χ1) is 9.77. The van der Waals surface area contributed by atoms with Crippen LogP contribution in [0.2, 0.25) is 0 Å². The number of amides is 1. The molecule has 1 aromatic carbocycles. The van der Waals surface area contributed by atoms with Crippen LogP contribution in [0.15, 0.2) is 22.3 Å². The Balaban J connectivity index is 2.23. The lowest BCUT2D eigenvalue weighted by Gasteiger charge is -2.08. The lowest BCUT2D eigenvalue weighted by atomic mass is 10.1. The smallest absolute Gasteiger partial charge is 0.416 e. The summed E-state index contributed by atoms with van der Waals surface area (Å²) in [4.78, 5) is 10.9. The first-order valence-corrected chi connectivity index (χ1v) is 6.39. The van der Waals surface area contributed by atoms with E-state index in [2.05, 4.69) is 15.5 Å². The molecule has 0 spiro atoms. The van der Waals surface area contributed by atoms with E-state index in [0.29, 0.717) is 6.07 Å². The van der Waals surface area contributed by atoms with Crippen LogP contribution in [0.3, 0.4) is 0 Å². The molecule has 1 aromatic rings. The molecule has 112 valence electrons. The first-order valence-electron chi connectivity index (χ1n) is 5.41. The van der Waals surface area contributed by atoms with Crippen molar-refractivity contribution in [3.8, 4) is 5.75 Å². The van der Waals surface area contributed by atoms with Gasteiger partial charge in [-0.15, -0.1) is 5.10 Å². The molecule has 1 aliphatic heterocycles. The fourth-order valence-corrected chi connectivity index (χ4v) is 2.04. The third kappa shape index (κ3) is 3.72. The van der Waals surface area contributed by atoms with Crippen LogP contribution in [-0.2, 0) is 11.0 Å². The minimum absolute atomic E-state index is 0.175. The van der Waals surface area contributed by atoms with Crippen molar-refractivity contribution in [2.24, 2.45) is 10.2 Å². The van der Waals surface area contributed by atoms with Gasteiger partial charge in [0.1, 0.15) is 11.6 Å². The summed E-state index contributed by atoms with van der Waals surface area (Å²) in [7, 11) is 0. The van der Waals surface area contributed by atoms with E-state index in [1.54, 1.807) is 0 Å². The van der Waals surface area contributed by atoms with Crippen molar-refractivity contribution < 1.29 is 27.5 Å². The predicted octanol–water partition coefficient (Wildman–Crippen LogP) is 2.10. The van der Waals surface area contributed by atoms with E-state index in [9.17, 15) is 27.5 Å². The van der Waals surface area contributed by atoms with E-state index in [1.165, 1.54) is 0 Å². The van der Waals surface area contributed by atoms with Gasteiger partial charge in [-0.05, 0) is 12.1 Å². The number of phenolic OH excluding ortho intramolecular Hbond substituents is 1. The second kappa shape index (κ2) is 5.72. The maximum Gasteiger partial charge on any atom is 0.416 e. The monoisotopic (exact) mass is 321 g/mol. The van der Waals surface area contributed by atoms with Crippen molar-refractivity contribution in [3.05, 3.63) is 29.1 Å². The standard InChI is InChI=1S/C11H7F4N3O2S/c12-7-1-5(11(13,14)15)2-8(19)6(7)3-16-18-10-17-9(20)4-21-10/h1-3,19H,4H2,(H,17,18,20). The fraction of sp³-hybridized carbons (Fsp3) is 0.182. The molecule has 1 aliphatic rings. The number of hydrogen-bond acceptors (Lipinski definition) is 5. The zero-order valence-corrected chi connectivity index (χ0v) is 10.9. The van der Waals surface area contributed by atoms with Gasteiger partial charge in [-0.3, -0.25) is 4.79 Å². The number of hydrogen-bond donors (Lipinski definition) is 2. The maximum absolute atomic E-state index is 13.5. The number of carbonyl (C=O) groups is 1. The Morgan fingerprint density at radius 3 is 2.62 bits per heavy atom. The number of nitrogens with zero attached hydrogens (tertiary/aromatic N) is 2. The van der Waals surface area contributed by atoms with Crippen LogP contribution >= 0.6 is 11.8 Å². The molecular formula is C11H7F4N3O2S. The zero-order chi connectivity index (χ0) is 15.6. The lowest BCUT2D eigenvalue weighted by Crippen LogP contribution is -2.19. The highest BCUT2D eigenvalue weighted by Crippen LogP contribution is 2.33. The Bertz CT molecular complexity index is 620. The topological polar surface area (TPSA) is 74.0 Å². The highest BCUT2D eigenvalue weighted by molar-refractivity contribution is 8.15. The van der Waals surface area contributed by atoms with Gasteiger partial charge in [0.15, 0.2) is 5.17 Å². The average molecular weight is 321 g/mol. The minimum Gasteiger partial charge on any atom is -0.507 e. The zero-order valence-electron chi connectivity index (χ0n) is 10.1. The summed E-state index contributed by atoms with van der Waals surface area (Å²) in [5.41, 5.74) is -1.83. The van der Waals surface area contributed by atoms with E-state index in [0.717, 1.165) is 18.0 Å². The van der Waals surface area contributed by atoms with E-state index in [1.807, 2.05) is 0 Å². The average Bonchev–Trinajstić information content (AvgIpc) is 2.77. The van der Waals surface area contributed by atoms with E-state index in [-0.39, 0.29) is 22.9 Å². The summed E-state index contributed by atoms with van der Waals surface area (Å²) in [5, 5.41) is 18.9. The molecule has 0 unspecified atom stereocenters. The van der Waals surface area contributed by atoms with E-state index in [4.69, 9.17) is 0 Å². The maximum atomic E-state index is 13.5. The van der Waals surface area contributed by atoms with Gasteiger partial charge in [0, 0.05) is 0 Å². The second-order valence-electron chi connectivity index (χ2n) is 3.88. The molecule has 1 amide bonds. The van der Waals surface area contributed by atoms with Crippen LogP contribution in [-0.4, -0.2) is 28.1 Å². The van der Waals surface area contributed by atoms with Gasteiger partial charge in [-0.1, -0.05) is 11.8 Å². The number of aromatic hydroxyl groups is 1. The molecule has 0 aliphatic carbocycles. The highest BCUT2D eigenvalue weighted by atomic mass is 32.2. The van der Waals surface area contributed by atoms with Gasteiger partial charge in [0.05, 0.1) is 23.1 Å². The second-order valence-corrected chi connectivity index (χ2v) is 4.84. The summed E-state index contributed by atoms with van der Waals surface area (Å²) in [6.07, 6.45) is -4.00. The van der Waals surface area contributed by atoms with Crippen LogP contribution in [0.1, 0.15) is 11.1 Å². The van der Waals surface area contributed by atoms with Crippen molar-refractivity contribution in [1.29, 1.82) is 0 Å². The van der Waals surface area contributed by atoms with Crippen molar-refractivity contribution in [1.82, 2.24) is 5.32 Å². The molecular weight excluding hydrogens is 314 g/mol. The number of amidine groups is 1. The Hall–Kier alpha value is -2.10. The van der Waals surface area contributed by atoms with E-state index < -0.39 is 28.9 Å². The molecule has 10 heteroatoms. The summed E-state index contributed by atoms with van der Waals surface area (Å²) < 4.78 is 50.7. The fourth-order valence-electron chi connectivity index (χ4n) is 1.41. The Kier molecular flexibility index (Phi) is 4.16. The normalized spacial score (nSPS) is 17.7. The van der Waals surface area contributed by atoms with Crippen LogP contribution in [0.5, 0.6) is 5.75 Å². The molecule has 0 saturated carbocycles. The predicted molar refractivity (Wildman–Crippen MR) is 68.7 cm³/mol. The molecule has 5 nitrogen and oxygen atoms in total. The van der Waals surface area contributed by atoms with Gasteiger partial charge in [0.25, 0.3) is 0 Å². The third-order valence-electron chi connectivity index (χ3n) is 2.36. The largest absolute Gasteiger partial charge is 0.507 e. The van der Waals surface area contributed by atoms with Gasteiger partial charge in [0.2, 0.25) is 5.91 Å². The number of halogens is 4. The van der Waals surface area contributed by atoms with Crippen molar-refractivity contribution in [2.75, 3.05) is 5.75 Å². The van der Waals surface area contributed by atoms with Gasteiger partial charge >= 0.3 is 6.18 Å².